The number of benzene rings is 1. The standard InChI is InChI=1S/C10H10OS2/c1-6-7-5-10(11-2)13-9(7)4-3-8(6)12/h3-5,12H,1-2H3. The van der Waals surface area contributed by atoms with Crippen molar-refractivity contribution in [3.05, 3.63) is 23.8 Å². The minimum absolute atomic E-state index is 0.956. The summed E-state index contributed by atoms with van der Waals surface area (Å²) in [5.41, 5.74) is 1.22. The summed E-state index contributed by atoms with van der Waals surface area (Å²) in [5, 5.41) is 2.20. The van der Waals surface area contributed by atoms with Gasteiger partial charge in [-0.1, -0.05) is 11.3 Å². The van der Waals surface area contributed by atoms with Crippen LogP contribution in [0.15, 0.2) is 23.1 Å². The van der Waals surface area contributed by atoms with Crippen LogP contribution in [0.1, 0.15) is 5.56 Å². The monoisotopic (exact) mass is 210 g/mol. The minimum Gasteiger partial charge on any atom is -0.487 e. The highest BCUT2D eigenvalue weighted by Crippen LogP contribution is 2.35. The van der Waals surface area contributed by atoms with Crippen molar-refractivity contribution in [2.45, 2.75) is 11.8 Å². The predicted octanol–water partition coefficient (Wildman–Crippen LogP) is 3.51. The normalized spacial score (nSPS) is 10.7. The Morgan fingerprint density at radius 3 is 2.85 bits per heavy atom. The molecule has 0 unspecified atom stereocenters. The highest BCUT2D eigenvalue weighted by Gasteiger charge is 2.05. The molecule has 13 heavy (non-hydrogen) atoms. The van der Waals surface area contributed by atoms with Crippen LogP contribution in [0.2, 0.25) is 0 Å². The molecule has 1 heterocycles. The van der Waals surface area contributed by atoms with Crippen molar-refractivity contribution in [2.75, 3.05) is 7.11 Å². The number of hydrogen-bond donors (Lipinski definition) is 1. The number of methoxy groups -OCH3 is 1. The fourth-order valence-corrected chi connectivity index (χ4v) is 2.45. The van der Waals surface area contributed by atoms with E-state index < -0.39 is 0 Å². The molecule has 0 atom stereocenters. The Morgan fingerprint density at radius 1 is 1.38 bits per heavy atom. The zero-order valence-electron chi connectivity index (χ0n) is 7.50. The fraction of sp³-hybridized carbons (Fsp3) is 0.200. The van der Waals surface area contributed by atoms with Crippen LogP contribution < -0.4 is 4.74 Å². The molecular weight excluding hydrogens is 200 g/mol. The lowest BCUT2D eigenvalue weighted by molar-refractivity contribution is 0.427. The molecule has 3 heteroatoms. The van der Waals surface area contributed by atoms with Crippen LogP contribution in [0.5, 0.6) is 5.06 Å². The molecule has 0 saturated heterocycles. The molecule has 2 aromatic rings. The number of thiol groups is 1. The third-order valence-electron chi connectivity index (χ3n) is 2.12. The first-order valence-corrected chi connectivity index (χ1v) is 5.25. The van der Waals surface area contributed by atoms with Crippen LogP contribution in [0, 0.1) is 6.92 Å². The summed E-state index contributed by atoms with van der Waals surface area (Å²) < 4.78 is 6.44. The van der Waals surface area contributed by atoms with Crippen molar-refractivity contribution >= 4 is 34.1 Å². The van der Waals surface area contributed by atoms with Crippen molar-refractivity contribution in [1.82, 2.24) is 0 Å². The van der Waals surface area contributed by atoms with Gasteiger partial charge in [0.05, 0.1) is 7.11 Å². The molecule has 0 spiro atoms. The maximum Gasteiger partial charge on any atom is 0.174 e. The molecule has 0 saturated carbocycles. The van der Waals surface area contributed by atoms with Gasteiger partial charge in [0.2, 0.25) is 0 Å². The maximum absolute atomic E-state index is 5.19. The number of fused-ring (bicyclic) bond motifs is 1. The summed E-state index contributed by atoms with van der Waals surface area (Å²) in [6.07, 6.45) is 0. The predicted molar refractivity (Wildman–Crippen MR) is 60.4 cm³/mol. The van der Waals surface area contributed by atoms with E-state index in [4.69, 9.17) is 4.74 Å². The van der Waals surface area contributed by atoms with Gasteiger partial charge >= 0.3 is 0 Å². The Hall–Kier alpha value is -0.670. The van der Waals surface area contributed by atoms with Crippen molar-refractivity contribution < 1.29 is 4.74 Å². The van der Waals surface area contributed by atoms with Crippen LogP contribution in [0.25, 0.3) is 10.1 Å². The van der Waals surface area contributed by atoms with E-state index in [2.05, 4.69) is 31.7 Å². The average molecular weight is 210 g/mol. The first-order chi connectivity index (χ1) is 6.22. The second kappa shape index (κ2) is 3.24. The molecule has 1 nitrogen and oxygen atoms in total. The number of ether oxygens (including phenoxy) is 1. The molecule has 68 valence electrons. The van der Waals surface area contributed by atoms with Gasteiger partial charge in [-0.3, -0.25) is 0 Å². The Labute approximate surface area is 86.8 Å². The number of rotatable bonds is 1. The van der Waals surface area contributed by atoms with Gasteiger partial charge < -0.3 is 4.74 Å². The molecule has 0 bridgehead atoms. The minimum atomic E-state index is 0.956. The van der Waals surface area contributed by atoms with Gasteiger partial charge in [-0.25, -0.2) is 0 Å². The molecule has 1 aromatic heterocycles. The van der Waals surface area contributed by atoms with Crippen molar-refractivity contribution in [1.29, 1.82) is 0 Å². The first-order valence-electron chi connectivity index (χ1n) is 3.98. The molecule has 0 radical (unpaired) electrons. The van der Waals surface area contributed by atoms with E-state index in [9.17, 15) is 0 Å². The Balaban J connectivity index is 2.76. The van der Waals surface area contributed by atoms with Gasteiger partial charge in [0.15, 0.2) is 5.06 Å². The van der Waals surface area contributed by atoms with Crippen molar-refractivity contribution in [3.63, 3.8) is 0 Å². The fourth-order valence-electron chi connectivity index (χ4n) is 1.32. The number of aryl methyl sites for hydroxylation is 1. The van der Waals surface area contributed by atoms with Crippen LogP contribution in [0.4, 0.5) is 0 Å². The SMILES string of the molecule is COc1cc2c(C)c(S)ccc2s1. The van der Waals surface area contributed by atoms with E-state index in [0.29, 0.717) is 0 Å². The second-order valence-corrected chi connectivity index (χ2v) is 4.42. The largest absolute Gasteiger partial charge is 0.487 e. The van der Waals surface area contributed by atoms with Gasteiger partial charge in [0.25, 0.3) is 0 Å². The summed E-state index contributed by atoms with van der Waals surface area (Å²) in [5.74, 6) is 0. The van der Waals surface area contributed by atoms with E-state index in [1.54, 1.807) is 18.4 Å². The lowest BCUT2D eigenvalue weighted by Gasteiger charge is -1.98. The van der Waals surface area contributed by atoms with Gasteiger partial charge in [-0.2, -0.15) is 0 Å². The van der Waals surface area contributed by atoms with Crippen LogP contribution in [-0.2, 0) is 0 Å². The number of thiophene rings is 1. The highest BCUT2D eigenvalue weighted by molar-refractivity contribution is 7.80. The van der Waals surface area contributed by atoms with E-state index in [1.807, 2.05) is 6.07 Å². The van der Waals surface area contributed by atoms with E-state index >= 15 is 0 Å². The molecular formula is C10H10OS2. The topological polar surface area (TPSA) is 9.23 Å². The van der Waals surface area contributed by atoms with Gasteiger partial charge in [0, 0.05) is 15.0 Å². The molecule has 0 aliphatic carbocycles. The zero-order chi connectivity index (χ0) is 9.42. The summed E-state index contributed by atoms with van der Waals surface area (Å²) in [7, 11) is 1.70. The van der Waals surface area contributed by atoms with E-state index in [0.717, 1.165) is 9.96 Å². The zero-order valence-corrected chi connectivity index (χ0v) is 9.21. The van der Waals surface area contributed by atoms with Crippen molar-refractivity contribution in [2.24, 2.45) is 0 Å². The maximum atomic E-state index is 5.19. The molecule has 0 fully saturated rings. The van der Waals surface area contributed by atoms with Gasteiger partial charge in [-0.15, -0.1) is 12.6 Å². The third-order valence-corrected chi connectivity index (χ3v) is 3.67. The molecule has 1 aromatic carbocycles. The Morgan fingerprint density at radius 2 is 2.15 bits per heavy atom. The lowest BCUT2D eigenvalue weighted by Crippen LogP contribution is -1.76. The molecule has 0 aliphatic heterocycles. The van der Waals surface area contributed by atoms with E-state index in [-0.39, 0.29) is 0 Å². The lowest BCUT2D eigenvalue weighted by atomic mass is 10.1. The summed E-state index contributed by atoms with van der Waals surface area (Å²) in [4.78, 5) is 1.04. The molecule has 0 aliphatic rings. The summed E-state index contributed by atoms with van der Waals surface area (Å²) >= 11 is 6.04. The Kier molecular flexibility index (Phi) is 2.22. The second-order valence-electron chi connectivity index (χ2n) is 2.89. The smallest absolute Gasteiger partial charge is 0.174 e. The molecule has 2 rings (SSSR count). The van der Waals surface area contributed by atoms with Gasteiger partial charge in [0.1, 0.15) is 0 Å². The first kappa shape index (κ1) is 8.91. The third kappa shape index (κ3) is 1.42. The average Bonchev–Trinajstić information content (AvgIpc) is 2.55. The molecule has 0 N–H and O–H groups in total. The number of hydrogen-bond acceptors (Lipinski definition) is 3. The van der Waals surface area contributed by atoms with Crippen LogP contribution in [0.3, 0.4) is 0 Å². The quantitative estimate of drug-likeness (QED) is 0.709. The summed E-state index contributed by atoms with van der Waals surface area (Å²) in [6.45, 7) is 2.08. The molecule has 0 amide bonds. The van der Waals surface area contributed by atoms with Crippen molar-refractivity contribution in [3.8, 4) is 5.06 Å². The highest BCUT2D eigenvalue weighted by atomic mass is 32.1. The van der Waals surface area contributed by atoms with Crippen LogP contribution in [-0.4, -0.2) is 7.11 Å². The van der Waals surface area contributed by atoms with Crippen LogP contribution >= 0.6 is 24.0 Å². The summed E-state index contributed by atoms with van der Waals surface area (Å²) in [6, 6.07) is 6.17. The van der Waals surface area contributed by atoms with E-state index in [1.165, 1.54) is 15.6 Å². The Bertz CT molecular complexity index is 445. The van der Waals surface area contributed by atoms with Gasteiger partial charge in [-0.05, 0) is 30.7 Å².